The second kappa shape index (κ2) is 9.45. The smallest absolute Gasteiger partial charge is 0.341 e. The number of hydrogen-bond acceptors (Lipinski definition) is 6. The fourth-order valence-corrected chi connectivity index (χ4v) is 3.40. The van der Waals surface area contributed by atoms with Crippen LogP contribution in [0, 0.1) is 0 Å². The molecule has 0 radical (unpaired) electrons. The number of carbonyl (C=O) groups excluding carboxylic acids is 1. The normalized spacial score (nSPS) is 16.2. The van der Waals surface area contributed by atoms with E-state index in [1.54, 1.807) is 31.2 Å². The van der Waals surface area contributed by atoms with Crippen LogP contribution in [-0.4, -0.2) is 46.1 Å². The average Bonchev–Trinajstić information content (AvgIpc) is 2.73. The van der Waals surface area contributed by atoms with Gasteiger partial charge in [0.25, 0.3) is 5.91 Å². The fourth-order valence-electron chi connectivity index (χ4n) is 3.40. The summed E-state index contributed by atoms with van der Waals surface area (Å²) >= 11 is 0. The third-order valence-corrected chi connectivity index (χ3v) is 4.88. The summed E-state index contributed by atoms with van der Waals surface area (Å²) in [5.41, 5.74) is -0.806. The molecule has 0 aliphatic carbocycles. The molecule has 1 aliphatic rings. The number of rotatable bonds is 7. The molecular formula is C21H25N3O6. The van der Waals surface area contributed by atoms with Crippen LogP contribution in [0.1, 0.15) is 52.6 Å². The Kier molecular flexibility index (Phi) is 6.73. The van der Waals surface area contributed by atoms with Crippen molar-refractivity contribution in [1.82, 2.24) is 9.99 Å². The van der Waals surface area contributed by atoms with Crippen LogP contribution in [0.25, 0.3) is 0 Å². The number of piperidine rings is 1. The number of amides is 1. The van der Waals surface area contributed by atoms with E-state index in [9.17, 15) is 24.6 Å². The molecule has 0 saturated carbocycles. The van der Waals surface area contributed by atoms with Gasteiger partial charge in [-0.25, -0.2) is 4.79 Å². The summed E-state index contributed by atoms with van der Waals surface area (Å²) < 4.78 is 6.96. The van der Waals surface area contributed by atoms with E-state index in [0.717, 1.165) is 24.6 Å². The number of aliphatic hydroxyl groups is 1. The zero-order chi connectivity index (χ0) is 21.7. The molecule has 9 nitrogen and oxygen atoms in total. The van der Waals surface area contributed by atoms with E-state index < -0.39 is 29.1 Å². The summed E-state index contributed by atoms with van der Waals surface area (Å²) in [6.45, 7) is 2.41. The van der Waals surface area contributed by atoms with Crippen LogP contribution >= 0.6 is 0 Å². The molecule has 1 fully saturated rings. The zero-order valence-corrected chi connectivity index (χ0v) is 16.7. The standard InChI is InChI=1S/C21H25N3O6/c1-2-22-20(27)17-19(30-13-14-8-4-3-5-9-14)18(26)15(21(28)29)12-24(17)23-11-7-6-10-16(23)25/h3-5,8-9,12,16,25H,2,6-7,10-11,13H2,1H3,(H,22,27)(H,28,29). The Morgan fingerprint density at radius 1 is 1.23 bits per heavy atom. The van der Waals surface area contributed by atoms with Crippen LogP contribution < -0.4 is 20.5 Å². The molecule has 3 rings (SSSR count). The van der Waals surface area contributed by atoms with Gasteiger partial charge in [-0.2, -0.15) is 0 Å². The zero-order valence-electron chi connectivity index (χ0n) is 16.7. The summed E-state index contributed by atoms with van der Waals surface area (Å²) in [6, 6.07) is 9.03. The summed E-state index contributed by atoms with van der Waals surface area (Å²) in [5, 5.41) is 24.1. The molecule has 0 bridgehead atoms. The molecule has 0 spiro atoms. The first-order valence-corrected chi connectivity index (χ1v) is 9.87. The highest BCUT2D eigenvalue weighted by atomic mass is 16.5. The topological polar surface area (TPSA) is 121 Å². The maximum atomic E-state index is 12.9. The highest BCUT2D eigenvalue weighted by Crippen LogP contribution is 2.22. The molecule has 2 aromatic rings. The summed E-state index contributed by atoms with van der Waals surface area (Å²) in [4.78, 5) is 37.5. The van der Waals surface area contributed by atoms with Crippen LogP contribution in [0.2, 0.25) is 0 Å². The Morgan fingerprint density at radius 2 is 1.97 bits per heavy atom. The van der Waals surface area contributed by atoms with Crippen molar-refractivity contribution in [3.63, 3.8) is 0 Å². The lowest BCUT2D eigenvalue weighted by molar-refractivity contribution is 0.0688. The first kappa shape index (κ1) is 21.4. The second-order valence-corrected chi connectivity index (χ2v) is 6.97. The second-order valence-electron chi connectivity index (χ2n) is 6.97. The van der Waals surface area contributed by atoms with E-state index in [1.807, 2.05) is 6.07 Å². The number of nitrogens with zero attached hydrogens (tertiary/aromatic N) is 2. The maximum absolute atomic E-state index is 12.9. The van der Waals surface area contributed by atoms with Gasteiger partial charge in [-0.3, -0.25) is 19.3 Å². The van der Waals surface area contributed by atoms with E-state index in [1.165, 1.54) is 9.69 Å². The van der Waals surface area contributed by atoms with Gasteiger partial charge in [-0.05, 0) is 31.7 Å². The monoisotopic (exact) mass is 415 g/mol. The Hall–Kier alpha value is -3.33. The predicted octanol–water partition coefficient (Wildman–Crippen LogP) is 1.32. The molecule has 9 heteroatoms. The molecule has 1 aliphatic heterocycles. The van der Waals surface area contributed by atoms with Crippen molar-refractivity contribution in [2.24, 2.45) is 0 Å². The molecule has 2 heterocycles. The van der Waals surface area contributed by atoms with Gasteiger partial charge in [0.2, 0.25) is 5.43 Å². The Bertz CT molecular complexity index is 973. The van der Waals surface area contributed by atoms with Crippen molar-refractivity contribution < 1.29 is 24.5 Å². The van der Waals surface area contributed by atoms with Crippen LogP contribution in [0.15, 0.2) is 41.3 Å². The van der Waals surface area contributed by atoms with Gasteiger partial charge in [-0.1, -0.05) is 30.3 Å². The van der Waals surface area contributed by atoms with Crippen molar-refractivity contribution in [2.45, 2.75) is 39.0 Å². The number of carbonyl (C=O) groups is 2. The summed E-state index contributed by atoms with van der Waals surface area (Å²) in [6.07, 6.45) is 2.18. The number of hydrogen-bond donors (Lipinski definition) is 3. The predicted molar refractivity (Wildman–Crippen MR) is 109 cm³/mol. The number of aromatic nitrogens is 1. The number of carboxylic acid groups (broad SMARTS) is 1. The van der Waals surface area contributed by atoms with Crippen molar-refractivity contribution in [1.29, 1.82) is 0 Å². The quantitative estimate of drug-likeness (QED) is 0.623. The molecule has 1 amide bonds. The minimum Gasteiger partial charge on any atom is -0.482 e. The largest absolute Gasteiger partial charge is 0.482 e. The molecule has 1 atom stereocenters. The van der Waals surface area contributed by atoms with E-state index in [0.29, 0.717) is 19.5 Å². The van der Waals surface area contributed by atoms with E-state index >= 15 is 0 Å². The molecular weight excluding hydrogens is 390 g/mol. The number of nitrogens with one attached hydrogen (secondary N) is 1. The Balaban J connectivity index is 2.16. The third kappa shape index (κ3) is 4.46. The van der Waals surface area contributed by atoms with Crippen LogP contribution in [0.4, 0.5) is 0 Å². The Morgan fingerprint density at radius 3 is 2.60 bits per heavy atom. The van der Waals surface area contributed by atoms with Crippen molar-refractivity contribution >= 4 is 11.9 Å². The fraction of sp³-hybridized carbons (Fsp3) is 0.381. The lowest BCUT2D eigenvalue weighted by atomic mass is 10.1. The molecule has 30 heavy (non-hydrogen) atoms. The van der Waals surface area contributed by atoms with E-state index in [2.05, 4.69) is 5.32 Å². The number of carboxylic acids is 1. The van der Waals surface area contributed by atoms with Crippen molar-refractivity contribution in [3.05, 3.63) is 63.6 Å². The van der Waals surface area contributed by atoms with Gasteiger partial charge >= 0.3 is 5.97 Å². The summed E-state index contributed by atoms with van der Waals surface area (Å²) in [5.74, 6) is -2.39. The number of pyridine rings is 1. The van der Waals surface area contributed by atoms with Crippen LogP contribution in [0.3, 0.4) is 0 Å². The van der Waals surface area contributed by atoms with Gasteiger partial charge in [0, 0.05) is 19.3 Å². The lowest BCUT2D eigenvalue weighted by Crippen LogP contribution is -2.50. The van der Waals surface area contributed by atoms with Gasteiger partial charge in [-0.15, -0.1) is 0 Å². The molecule has 3 N–H and O–H groups in total. The van der Waals surface area contributed by atoms with Crippen LogP contribution in [-0.2, 0) is 6.61 Å². The number of ether oxygens (including phenoxy) is 1. The van der Waals surface area contributed by atoms with Crippen molar-refractivity contribution in [3.8, 4) is 5.75 Å². The first-order chi connectivity index (χ1) is 14.4. The van der Waals surface area contributed by atoms with Gasteiger partial charge < -0.3 is 20.3 Å². The van der Waals surface area contributed by atoms with Gasteiger partial charge in [0.05, 0.1) is 0 Å². The number of aliphatic hydroxyl groups excluding tert-OH is 1. The Labute approximate surface area is 173 Å². The highest BCUT2D eigenvalue weighted by Gasteiger charge is 2.30. The van der Waals surface area contributed by atoms with Crippen LogP contribution in [0.5, 0.6) is 5.75 Å². The minimum atomic E-state index is -1.44. The third-order valence-electron chi connectivity index (χ3n) is 4.88. The maximum Gasteiger partial charge on any atom is 0.341 e. The van der Waals surface area contributed by atoms with E-state index in [4.69, 9.17) is 4.74 Å². The molecule has 1 aromatic carbocycles. The average molecular weight is 415 g/mol. The SMILES string of the molecule is CCNC(=O)c1c(OCc2ccccc2)c(=O)c(C(=O)O)cn1N1CCCCC1O. The molecule has 1 saturated heterocycles. The van der Waals surface area contributed by atoms with Gasteiger partial charge in [0.15, 0.2) is 11.4 Å². The van der Waals surface area contributed by atoms with Gasteiger partial charge in [0.1, 0.15) is 18.4 Å². The highest BCUT2D eigenvalue weighted by molar-refractivity contribution is 5.97. The first-order valence-electron chi connectivity index (χ1n) is 9.87. The summed E-state index contributed by atoms with van der Waals surface area (Å²) in [7, 11) is 0. The molecule has 1 unspecified atom stereocenters. The van der Waals surface area contributed by atoms with E-state index in [-0.39, 0.29) is 18.1 Å². The van der Waals surface area contributed by atoms with Crippen molar-refractivity contribution in [2.75, 3.05) is 18.1 Å². The number of aromatic carboxylic acids is 1. The lowest BCUT2D eigenvalue weighted by Gasteiger charge is -2.37. The minimum absolute atomic E-state index is 0.0197. The molecule has 1 aromatic heterocycles. The number of benzene rings is 1. The molecule has 160 valence electrons.